The Labute approximate surface area is 98.2 Å². The van der Waals surface area contributed by atoms with Crippen molar-refractivity contribution in [3.63, 3.8) is 0 Å². The third kappa shape index (κ3) is 2.61. The maximum Gasteiger partial charge on any atom is 0.389 e. The molecule has 7 heteroatoms. The van der Waals surface area contributed by atoms with Crippen LogP contribution in [0.2, 0.25) is 0 Å². The normalized spacial score (nSPS) is 14.6. The molecule has 0 amide bonds. The number of carboxylic acid groups (broad SMARTS) is 1. The standard InChI is InChI=1S/C10H15N3O4/c1-7(2)6-10(3,9(14)15)12-5-4-8(11-12)13(16)17/h4-5,7H,6H2,1-3H3,(H,14,15). The summed E-state index contributed by atoms with van der Waals surface area (Å²) < 4.78 is 1.15. The molecule has 1 unspecified atom stereocenters. The van der Waals surface area contributed by atoms with Gasteiger partial charge in [0.2, 0.25) is 0 Å². The van der Waals surface area contributed by atoms with Crippen LogP contribution in [0.4, 0.5) is 5.82 Å². The Hall–Kier alpha value is -1.92. The van der Waals surface area contributed by atoms with E-state index in [1.807, 2.05) is 13.8 Å². The predicted molar refractivity (Wildman–Crippen MR) is 59.6 cm³/mol. The van der Waals surface area contributed by atoms with Gasteiger partial charge in [0.1, 0.15) is 0 Å². The van der Waals surface area contributed by atoms with Gasteiger partial charge in [-0.25, -0.2) is 4.79 Å². The third-order valence-electron chi connectivity index (χ3n) is 2.53. The van der Waals surface area contributed by atoms with E-state index >= 15 is 0 Å². The lowest BCUT2D eigenvalue weighted by Gasteiger charge is -2.24. The fraction of sp³-hybridized carbons (Fsp3) is 0.600. The number of nitro groups is 1. The van der Waals surface area contributed by atoms with E-state index in [1.54, 1.807) is 0 Å². The summed E-state index contributed by atoms with van der Waals surface area (Å²) in [7, 11) is 0. The highest BCUT2D eigenvalue weighted by atomic mass is 16.6. The molecule has 1 N–H and O–H groups in total. The maximum atomic E-state index is 11.3. The van der Waals surface area contributed by atoms with E-state index in [0.717, 1.165) is 4.68 Å². The first-order valence-corrected chi connectivity index (χ1v) is 5.21. The highest BCUT2D eigenvalue weighted by Crippen LogP contribution is 2.26. The Balaban J connectivity index is 3.13. The Morgan fingerprint density at radius 3 is 2.65 bits per heavy atom. The van der Waals surface area contributed by atoms with Gasteiger partial charge in [0.15, 0.2) is 5.54 Å². The predicted octanol–water partition coefficient (Wildman–Crippen LogP) is 1.64. The quantitative estimate of drug-likeness (QED) is 0.624. The van der Waals surface area contributed by atoms with Crippen molar-refractivity contribution in [1.29, 1.82) is 0 Å². The Bertz CT molecular complexity index is 441. The van der Waals surface area contributed by atoms with E-state index in [2.05, 4.69) is 5.10 Å². The van der Waals surface area contributed by atoms with Crippen molar-refractivity contribution in [2.75, 3.05) is 0 Å². The maximum absolute atomic E-state index is 11.3. The molecule has 0 aliphatic heterocycles. The highest BCUT2D eigenvalue weighted by molar-refractivity contribution is 5.76. The van der Waals surface area contributed by atoms with Crippen LogP contribution in [0.25, 0.3) is 0 Å². The first-order valence-electron chi connectivity index (χ1n) is 5.21. The minimum atomic E-state index is -1.26. The molecule has 0 aliphatic rings. The summed E-state index contributed by atoms with van der Waals surface area (Å²) in [4.78, 5) is 21.2. The molecule has 17 heavy (non-hydrogen) atoms. The fourth-order valence-electron chi connectivity index (χ4n) is 1.76. The van der Waals surface area contributed by atoms with E-state index in [-0.39, 0.29) is 11.7 Å². The van der Waals surface area contributed by atoms with E-state index < -0.39 is 16.4 Å². The summed E-state index contributed by atoms with van der Waals surface area (Å²) in [6, 6.07) is 1.20. The van der Waals surface area contributed by atoms with Gasteiger partial charge in [-0.15, -0.1) is 0 Å². The summed E-state index contributed by atoms with van der Waals surface area (Å²) in [5, 5.41) is 23.5. The minimum absolute atomic E-state index is 0.138. The molecule has 1 heterocycles. The molecule has 1 rings (SSSR count). The average molecular weight is 241 g/mol. The summed E-state index contributed by atoms with van der Waals surface area (Å²) in [6.45, 7) is 5.28. The molecule has 94 valence electrons. The molecule has 0 aliphatic carbocycles. The van der Waals surface area contributed by atoms with Gasteiger partial charge in [-0.1, -0.05) is 13.8 Å². The number of hydrogen-bond donors (Lipinski definition) is 1. The summed E-state index contributed by atoms with van der Waals surface area (Å²) in [6.07, 6.45) is 1.68. The number of hydrogen-bond acceptors (Lipinski definition) is 4. The number of aliphatic carboxylic acids is 1. The second-order valence-corrected chi connectivity index (χ2v) is 4.55. The van der Waals surface area contributed by atoms with Gasteiger partial charge >= 0.3 is 11.8 Å². The molecular weight excluding hydrogens is 226 g/mol. The van der Waals surface area contributed by atoms with Crippen molar-refractivity contribution in [1.82, 2.24) is 9.78 Å². The van der Waals surface area contributed by atoms with Crippen LogP contribution in [-0.2, 0) is 10.3 Å². The Morgan fingerprint density at radius 1 is 1.71 bits per heavy atom. The number of aromatic nitrogens is 2. The number of rotatable bonds is 5. The number of carbonyl (C=O) groups is 1. The van der Waals surface area contributed by atoms with Gasteiger partial charge in [0.05, 0.1) is 17.4 Å². The number of carboxylic acids is 1. The van der Waals surface area contributed by atoms with E-state index in [9.17, 15) is 20.0 Å². The van der Waals surface area contributed by atoms with Gasteiger partial charge in [-0.05, 0) is 24.2 Å². The van der Waals surface area contributed by atoms with Crippen molar-refractivity contribution >= 4 is 11.8 Å². The van der Waals surface area contributed by atoms with Crippen LogP contribution >= 0.6 is 0 Å². The Kier molecular flexibility index (Phi) is 3.50. The molecule has 0 radical (unpaired) electrons. The van der Waals surface area contributed by atoms with Gasteiger partial charge in [-0.2, -0.15) is 4.68 Å². The third-order valence-corrected chi connectivity index (χ3v) is 2.53. The first-order chi connectivity index (χ1) is 7.77. The molecule has 7 nitrogen and oxygen atoms in total. The van der Waals surface area contributed by atoms with Crippen LogP contribution in [0.1, 0.15) is 27.2 Å². The molecule has 1 atom stereocenters. The molecule has 0 spiro atoms. The average Bonchev–Trinajstić information content (AvgIpc) is 2.64. The molecule has 1 aromatic heterocycles. The van der Waals surface area contributed by atoms with Crippen molar-refractivity contribution in [3.8, 4) is 0 Å². The molecule has 0 bridgehead atoms. The van der Waals surface area contributed by atoms with Crippen LogP contribution in [0.3, 0.4) is 0 Å². The van der Waals surface area contributed by atoms with Crippen LogP contribution in [-0.4, -0.2) is 25.8 Å². The molecule has 1 aromatic rings. The summed E-state index contributed by atoms with van der Waals surface area (Å²) in [5.41, 5.74) is -1.26. The fourth-order valence-corrected chi connectivity index (χ4v) is 1.76. The zero-order valence-corrected chi connectivity index (χ0v) is 9.95. The van der Waals surface area contributed by atoms with Crippen LogP contribution in [0.15, 0.2) is 12.3 Å². The molecule has 0 aromatic carbocycles. The second-order valence-electron chi connectivity index (χ2n) is 4.55. The lowest BCUT2D eigenvalue weighted by molar-refractivity contribution is -0.389. The zero-order valence-electron chi connectivity index (χ0n) is 9.95. The van der Waals surface area contributed by atoms with E-state index in [4.69, 9.17) is 0 Å². The van der Waals surface area contributed by atoms with Crippen molar-refractivity contribution < 1.29 is 14.8 Å². The van der Waals surface area contributed by atoms with Gasteiger partial charge in [0, 0.05) is 0 Å². The summed E-state index contributed by atoms with van der Waals surface area (Å²) in [5.74, 6) is -1.26. The van der Waals surface area contributed by atoms with Gasteiger partial charge in [0.25, 0.3) is 0 Å². The molecular formula is C10H15N3O4. The first kappa shape index (κ1) is 13.1. The van der Waals surface area contributed by atoms with Crippen LogP contribution < -0.4 is 0 Å². The minimum Gasteiger partial charge on any atom is -0.479 e. The number of nitrogens with zero attached hydrogens (tertiary/aromatic N) is 3. The van der Waals surface area contributed by atoms with Gasteiger partial charge in [-0.3, -0.25) is 0 Å². The van der Waals surface area contributed by atoms with E-state index in [0.29, 0.717) is 6.42 Å². The van der Waals surface area contributed by atoms with Crippen LogP contribution in [0.5, 0.6) is 0 Å². The Morgan fingerprint density at radius 2 is 2.29 bits per heavy atom. The van der Waals surface area contributed by atoms with Crippen molar-refractivity contribution in [3.05, 3.63) is 22.4 Å². The lowest BCUT2D eigenvalue weighted by Crippen LogP contribution is -2.40. The lowest BCUT2D eigenvalue weighted by atomic mass is 9.91. The smallest absolute Gasteiger partial charge is 0.389 e. The molecule has 0 fully saturated rings. The van der Waals surface area contributed by atoms with Gasteiger partial charge < -0.3 is 15.2 Å². The van der Waals surface area contributed by atoms with Crippen LogP contribution in [0, 0.1) is 16.0 Å². The van der Waals surface area contributed by atoms with Crippen molar-refractivity contribution in [2.45, 2.75) is 32.7 Å². The monoisotopic (exact) mass is 241 g/mol. The zero-order chi connectivity index (χ0) is 13.2. The van der Waals surface area contributed by atoms with E-state index in [1.165, 1.54) is 19.2 Å². The molecule has 0 saturated heterocycles. The largest absolute Gasteiger partial charge is 0.479 e. The highest BCUT2D eigenvalue weighted by Gasteiger charge is 2.39. The van der Waals surface area contributed by atoms with Crippen molar-refractivity contribution in [2.24, 2.45) is 5.92 Å². The summed E-state index contributed by atoms with van der Waals surface area (Å²) >= 11 is 0. The second kappa shape index (κ2) is 4.52. The topological polar surface area (TPSA) is 98.3 Å². The molecule has 0 saturated carbocycles. The SMILES string of the molecule is CC(C)CC(C)(C(=O)O)n1ccc([N+](=O)[O-])n1.